The van der Waals surface area contributed by atoms with Crippen LogP contribution in [-0.4, -0.2) is 54.9 Å². The zero-order chi connectivity index (χ0) is 27.5. The van der Waals surface area contributed by atoms with Crippen molar-refractivity contribution in [3.05, 3.63) is 94.8 Å². The molecule has 39 heavy (non-hydrogen) atoms. The summed E-state index contributed by atoms with van der Waals surface area (Å²) in [5.41, 5.74) is 2.28. The van der Waals surface area contributed by atoms with Crippen LogP contribution in [0.1, 0.15) is 23.0 Å². The van der Waals surface area contributed by atoms with Gasteiger partial charge in [-0.3, -0.25) is 4.79 Å². The van der Waals surface area contributed by atoms with Crippen molar-refractivity contribution in [1.29, 1.82) is 0 Å². The van der Waals surface area contributed by atoms with Crippen molar-refractivity contribution in [3.8, 4) is 11.8 Å². The van der Waals surface area contributed by atoms with E-state index >= 15 is 0 Å². The number of nitrogens with one attached hydrogen (secondary N) is 2. The molecular weight excluding hydrogens is 523 g/mol. The Kier molecular flexibility index (Phi) is 7.56. The van der Waals surface area contributed by atoms with Crippen molar-refractivity contribution in [2.75, 3.05) is 12.4 Å². The number of carbonyl (C=O) groups excluding carboxylic acids is 1. The third kappa shape index (κ3) is 5.61. The standard InChI is InChI=1S/C28H24ClFN6O3/c1-31-28(39)20-10-11-21(25(38)24(20)37)36-15-33-23-26(32-14-17-3-2-4-18(29)13-17)34-22(35-27(23)36)12-7-16-5-8-19(30)9-6-16/h2-6,8-11,13,15,20-21,24-25,37-38H,14H2,1H3,(H,31,39)(H,32,34,35)/t20-,21+,24+,25-/m0/s1. The van der Waals surface area contributed by atoms with Crippen LogP contribution < -0.4 is 10.6 Å². The average Bonchev–Trinajstić information content (AvgIpc) is 3.36. The first-order valence-electron chi connectivity index (χ1n) is 12.1. The van der Waals surface area contributed by atoms with Gasteiger partial charge < -0.3 is 25.4 Å². The molecule has 2 heterocycles. The van der Waals surface area contributed by atoms with Crippen LogP contribution in [0, 0.1) is 23.6 Å². The van der Waals surface area contributed by atoms with Gasteiger partial charge in [0, 0.05) is 24.2 Å². The van der Waals surface area contributed by atoms with E-state index in [1.807, 2.05) is 18.2 Å². The summed E-state index contributed by atoms with van der Waals surface area (Å²) >= 11 is 6.12. The molecule has 2 aromatic heterocycles. The maximum atomic E-state index is 13.3. The Bertz CT molecular complexity index is 1610. The van der Waals surface area contributed by atoms with E-state index in [-0.39, 0.29) is 11.6 Å². The maximum Gasteiger partial charge on any atom is 0.229 e. The summed E-state index contributed by atoms with van der Waals surface area (Å²) in [6.07, 6.45) is 2.05. The zero-order valence-electron chi connectivity index (χ0n) is 20.7. The average molecular weight is 547 g/mol. The van der Waals surface area contributed by atoms with E-state index in [9.17, 15) is 19.4 Å². The molecule has 4 aromatic rings. The molecule has 9 nitrogen and oxygen atoms in total. The fourth-order valence-corrected chi connectivity index (χ4v) is 4.56. The molecule has 2 aromatic carbocycles. The third-order valence-electron chi connectivity index (χ3n) is 6.39. The Hall–Kier alpha value is -4.30. The fourth-order valence-electron chi connectivity index (χ4n) is 4.35. The normalized spacial score (nSPS) is 20.3. The highest BCUT2D eigenvalue weighted by Crippen LogP contribution is 2.31. The van der Waals surface area contributed by atoms with Gasteiger partial charge in [0.1, 0.15) is 11.9 Å². The molecule has 0 saturated carbocycles. The summed E-state index contributed by atoms with van der Waals surface area (Å²) < 4.78 is 14.9. The number of nitrogens with zero attached hydrogens (tertiary/aromatic N) is 4. The van der Waals surface area contributed by atoms with Crippen molar-refractivity contribution >= 4 is 34.5 Å². The van der Waals surface area contributed by atoms with E-state index in [1.165, 1.54) is 25.5 Å². The van der Waals surface area contributed by atoms with Crippen molar-refractivity contribution in [2.45, 2.75) is 24.8 Å². The lowest BCUT2D eigenvalue weighted by molar-refractivity contribution is -0.130. The van der Waals surface area contributed by atoms with Crippen LogP contribution in [0.3, 0.4) is 0 Å². The molecule has 1 aliphatic carbocycles. The Balaban J connectivity index is 1.55. The second kappa shape index (κ2) is 11.2. The van der Waals surface area contributed by atoms with Gasteiger partial charge in [-0.1, -0.05) is 41.8 Å². The molecule has 1 amide bonds. The fraction of sp³-hybridized carbons (Fsp3) is 0.214. The molecular formula is C28H24ClFN6O3. The number of benzene rings is 2. The predicted octanol–water partition coefficient (Wildman–Crippen LogP) is 2.83. The Morgan fingerprint density at radius 2 is 1.90 bits per heavy atom. The lowest BCUT2D eigenvalue weighted by atomic mass is 9.86. The van der Waals surface area contributed by atoms with Gasteiger partial charge in [0.15, 0.2) is 17.0 Å². The summed E-state index contributed by atoms with van der Waals surface area (Å²) in [4.78, 5) is 25.7. The largest absolute Gasteiger partial charge is 0.389 e. The summed E-state index contributed by atoms with van der Waals surface area (Å²) in [5, 5.41) is 27.9. The molecule has 5 rings (SSSR count). The van der Waals surface area contributed by atoms with Gasteiger partial charge >= 0.3 is 0 Å². The summed E-state index contributed by atoms with van der Waals surface area (Å²) in [5.74, 6) is 4.75. The monoisotopic (exact) mass is 546 g/mol. The lowest BCUT2D eigenvalue weighted by Gasteiger charge is -2.33. The van der Waals surface area contributed by atoms with Crippen LogP contribution >= 0.6 is 11.6 Å². The van der Waals surface area contributed by atoms with Crippen LogP contribution in [0.15, 0.2) is 67.0 Å². The molecule has 4 N–H and O–H groups in total. The highest BCUT2D eigenvalue weighted by atomic mass is 35.5. The van der Waals surface area contributed by atoms with Gasteiger partial charge in [-0.2, -0.15) is 0 Å². The first-order valence-corrected chi connectivity index (χ1v) is 12.5. The number of amides is 1. The minimum absolute atomic E-state index is 0.167. The molecule has 0 aliphatic heterocycles. The number of hydrogen-bond donors (Lipinski definition) is 4. The quantitative estimate of drug-likeness (QED) is 0.224. The highest BCUT2D eigenvalue weighted by molar-refractivity contribution is 6.30. The molecule has 1 aliphatic rings. The Labute approximate surface area is 228 Å². The number of halogens is 2. The number of fused-ring (bicyclic) bond motifs is 1. The third-order valence-corrected chi connectivity index (χ3v) is 6.62. The van der Waals surface area contributed by atoms with Gasteiger partial charge in [-0.25, -0.2) is 19.3 Å². The van der Waals surface area contributed by atoms with Gasteiger partial charge in [-0.05, 0) is 47.9 Å². The molecule has 0 unspecified atom stereocenters. The van der Waals surface area contributed by atoms with Crippen LogP contribution in [0.2, 0.25) is 5.02 Å². The summed E-state index contributed by atoms with van der Waals surface area (Å²) in [6.45, 7) is 0.392. The smallest absolute Gasteiger partial charge is 0.229 e. The number of aromatic nitrogens is 4. The van der Waals surface area contributed by atoms with Crippen molar-refractivity contribution in [3.63, 3.8) is 0 Å². The predicted molar refractivity (Wildman–Crippen MR) is 144 cm³/mol. The number of imidazole rings is 1. The Morgan fingerprint density at radius 3 is 2.64 bits per heavy atom. The second-order valence-corrected chi connectivity index (χ2v) is 9.39. The van der Waals surface area contributed by atoms with E-state index in [2.05, 4.69) is 37.4 Å². The first-order chi connectivity index (χ1) is 18.8. The van der Waals surface area contributed by atoms with Crippen molar-refractivity contribution in [2.24, 2.45) is 5.92 Å². The molecule has 0 bridgehead atoms. The van der Waals surface area contributed by atoms with E-state index in [4.69, 9.17) is 11.6 Å². The van der Waals surface area contributed by atoms with E-state index in [1.54, 1.807) is 34.9 Å². The van der Waals surface area contributed by atoms with Gasteiger partial charge in [0.05, 0.1) is 24.4 Å². The summed E-state index contributed by atoms with van der Waals surface area (Å²) in [6, 6.07) is 12.4. The molecule has 0 spiro atoms. The molecule has 0 radical (unpaired) electrons. The van der Waals surface area contributed by atoms with Gasteiger partial charge in [0.2, 0.25) is 11.7 Å². The van der Waals surface area contributed by atoms with E-state index in [0.717, 1.165) is 5.56 Å². The SMILES string of the molecule is CNC(=O)[C@H]1C=C[C@@H](n2cnc3c(NCc4cccc(Cl)c4)nc(C#Cc4ccc(F)cc4)nc32)[C@H](O)[C@@H]1O. The summed E-state index contributed by atoms with van der Waals surface area (Å²) in [7, 11) is 1.47. The maximum absolute atomic E-state index is 13.3. The number of aliphatic hydroxyl groups is 2. The van der Waals surface area contributed by atoms with E-state index in [0.29, 0.717) is 34.1 Å². The minimum Gasteiger partial charge on any atom is -0.389 e. The van der Waals surface area contributed by atoms with Crippen LogP contribution in [0.4, 0.5) is 10.2 Å². The first kappa shape index (κ1) is 26.3. The molecule has 11 heteroatoms. The van der Waals surface area contributed by atoms with Crippen LogP contribution in [0.5, 0.6) is 0 Å². The van der Waals surface area contributed by atoms with Crippen molar-refractivity contribution in [1.82, 2.24) is 24.8 Å². The zero-order valence-corrected chi connectivity index (χ0v) is 21.5. The topological polar surface area (TPSA) is 125 Å². The number of hydrogen-bond acceptors (Lipinski definition) is 7. The molecule has 198 valence electrons. The van der Waals surface area contributed by atoms with Crippen LogP contribution in [-0.2, 0) is 11.3 Å². The molecule has 0 saturated heterocycles. The highest BCUT2D eigenvalue weighted by Gasteiger charge is 2.38. The molecule has 0 fully saturated rings. The van der Waals surface area contributed by atoms with Crippen LogP contribution in [0.25, 0.3) is 11.2 Å². The number of carbonyl (C=O) groups is 1. The van der Waals surface area contributed by atoms with Gasteiger partial charge in [-0.15, -0.1) is 0 Å². The second-order valence-electron chi connectivity index (χ2n) is 8.96. The molecule has 4 atom stereocenters. The number of anilines is 1. The number of rotatable bonds is 5. The Morgan fingerprint density at radius 1 is 1.10 bits per heavy atom. The van der Waals surface area contributed by atoms with E-state index < -0.39 is 30.1 Å². The van der Waals surface area contributed by atoms with Gasteiger partial charge in [0.25, 0.3) is 0 Å². The van der Waals surface area contributed by atoms with Crippen molar-refractivity contribution < 1.29 is 19.4 Å². The lowest BCUT2D eigenvalue weighted by Crippen LogP contribution is -2.46. The minimum atomic E-state index is -1.34. The number of aliphatic hydroxyl groups excluding tert-OH is 2.